The normalized spacial score (nSPS) is 11.7. The maximum Gasteiger partial charge on any atom is 0.161 e. The molecule has 0 aromatic heterocycles. The van der Waals surface area contributed by atoms with Crippen molar-refractivity contribution in [1.82, 2.24) is 5.32 Å². The number of ether oxygens (including phenoxy) is 2. The van der Waals surface area contributed by atoms with Crippen LogP contribution in [0.15, 0.2) is 18.2 Å². The van der Waals surface area contributed by atoms with E-state index in [-0.39, 0.29) is 6.04 Å². The average Bonchev–Trinajstić information content (AvgIpc) is 2.38. The lowest BCUT2D eigenvalue weighted by Crippen LogP contribution is -2.19. The minimum atomic E-state index is -0.315. The Hall–Kier alpha value is -1.73. The van der Waals surface area contributed by atoms with Gasteiger partial charge in [-0.05, 0) is 38.1 Å². The summed E-state index contributed by atoms with van der Waals surface area (Å²) >= 11 is 0. The second kappa shape index (κ2) is 7.57. The van der Waals surface area contributed by atoms with Gasteiger partial charge >= 0.3 is 0 Å². The van der Waals surface area contributed by atoms with Crippen LogP contribution in [0.25, 0.3) is 0 Å². The molecule has 0 radical (unpaired) electrons. The lowest BCUT2D eigenvalue weighted by atomic mass is 10.1. The summed E-state index contributed by atoms with van der Waals surface area (Å²) in [6.07, 6.45) is 0. The second-order valence-corrected chi connectivity index (χ2v) is 3.69. The van der Waals surface area contributed by atoms with E-state index in [0.29, 0.717) is 19.0 Å². The highest BCUT2D eigenvalue weighted by molar-refractivity contribution is 5.44. The van der Waals surface area contributed by atoms with Crippen LogP contribution < -0.4 is 14.8 Å². The molecule has 98 valence electrons. The van der Waals surface area contributed by atoms with Crippen molar-refractivity contribution >= 4 is 0 Å². The van der Waals surface area contributed by atoms with E-state index >= 15 is 0 Å². The van der Waals surface area contributed by atoms with E-state index in [1.54, 1.807) is 0 Å². The Morgan fingerprint density at radius 1 is 1.17 bits per heavy atom. The van der Waals surface area contributed by atoms with Gasteiger partial charge in [-0.25, -0.2) is 0 Å². The van der Waals surface area contributed by atoms with Crippen LogP contribution in [0.2, 0.25) is 0 Å². The van der Waals surface area contributed by atoms with Gasteiger partial charge in [0.25, 0.3) is 0 Å². The zero-order chi connectivity index (χ0) is 13.4. The maximum absolute atomic E-state index is 9.12. The van der Waals surface area contributed by atoms with Gasteiger partial charge < -0.3 is 9.47 Å². The van der Waals surface area contributed by atoms with E-state index < -0.39 is 0 Å². The predicted molar refractivity (Wildman–Crippen MR) is 70.8 cm³/mol. The zero-order valence-electron chi connectivity index (χ0n) is 11.2. The fourth-order valence-corrected chi connectivity index (χ4v) is 1.69. The highest BCUT2D eigenvalue weighted by atomic mass is 16.5. The summed E-state index contributed by atoms with van der Waals surface area (Å²) in [5, 5.41) is 12.2. The quantitative estimate of drug-likeness (QED) is 0.806. The third-order valence-electron chi connectivity index (χ3n) is 2.44. The summed E-state index contributed by atoms with van der Waals surface area (Å²) in [4.78, 5) is 0. The summed E-state index contributed by atoms with van der Waals surface area (Å²) in [6.45, 7) is 7.74. The maximum atomic E-state index is 9.12. The molecule has 0 amide bonds. The monoisotopic (exact) mass is 248 g/mol. The van der Waals surface area contributed by atoms with Gasteiger partial charge in [0.15, 0.2) is 11.5 Å². The SMILES string of the molecule is CCNC(C#N)c1ccc(OCC)c(OCC)c1. The van der Waals surface area contributed by atoms with Gasteiger partial charge in [0, 0.05) is 0 Å². The van der Waals surface area contributed by atoms with Crippen molar-refractivity contribution in [3.8, 4) is 17.6 Å². The van der Waals surface area contributed by atoms with Gasteiger partial charge in [-0.3, -0.25) is 5.32 Å². The fraction of sp³-hybridized carbons (Fsp3) is 0.500. The number of hydrogen-bond acceptors (Lipinski definition) is 4. The van der Waals surface area contributed by atoms with Crippen molar-refractivity contribution < 1.29 is 9.47 Å². The molecule has 18 heavy (non-hydrogen) atoms. The minimum absolute atomic E-state index is 0.315. The van der Waals surface area contributed by atoms with Crippen LogP contribution in [0.5, 0.6) is 11.5 Å². The Morgan fingerprint density at radius 3 is 2.39 bits per heavy atom. The third-order valence-corrected chi connectivity index (χ3v) is 2.44. The molecule has 4 nitrogen and oxygen atoms in total. The van der Waals surface area contributed by atoms with Crippen molar-refractivity contribution in [2.45, 2.75) is 26.8 Å². The summed E-state index contributed by atoms with van der Waals surface area (Å²) in [6, 6.07) is 7.53. The molecule has 0 saturated carbocycles. The van der Waals surface area contributed by atoms with Crippen LogP contribution >= 0.6 is 0 Å². The molecular weight excluding hydrogens is 228 g/mol. The van der Waals surface area contributed by atoms with Crippen molar-refractivity contribution in [2.24, 2.45) is 0 Å². The van der Waals surface area contributed by atoms with Gasteiger partial charge in [0.1, 0.15) is 6.04 Å². The van der Waals surface area contributed by atoms with Crippen molar-refractivity contribution in [3.05, 3.63) is 23.8 Å². The zero-order valence-corrected chi connectivity index (χ0v) is 11.2. The molecule has 1 unspecified atom stereocenters. The Balaban J connectivity index is 3.01. The molecule has 1 N–H and O–H groups in total. The van der Waals surface area contributed by atoms with Crippen LogP contribution in [0.1, 0.15) is 32.4 Å². The fourth-order valence-electron chi connectivity index (χ4n) is 1.69. The Morgan fingerprint density at radius 2 is 1.83 bits per heavy atom. The molecule has 0 spiro atoms. The molecule has 1 atom stereocenters. The van der Waals surface area contributed by atoms with Crippen LogP contribution in [0, 0.1) is 11.3 Å². The molecule has 1 aromatic rings. The van der Waals surface area contributed by atoms with Crippen molar-refractivity contribution in [2.75, 3.05) is 19.8 Å². The Kier molecular flexibility index (Phi) is 6.03. The van der Waals surface area contributed by atoms with Gasteiger partial charge in [0.05, 0.1) is 19.3 Å². The third kappa shape index (κ3) is 3.64. The summed E-state index contributed by atoms with van der Waals surface area (Å²) in [5.41, 5.74) is 0.895. The van der Waals surface area contributed by atoms with E-state index in [1.165, 1.54) is 0 Å². The number of nitrogens with one attached hydrogen (secondary N) is 1. The topological polar surface area (TPSA) is 54.3 Å². The number of rotatable bonds is 7. The van der Waals surface area contributed by atoms with Gasteiger partial charge in [-0.1, -0.05) is 13.0 Å². The molecule has 1 rings (SSSR count). The molecular formula is C14H20N2O2. The molecule has 0 aliphatic heterocycles. The molecule has 0 fully saturated rings. The van der Waals surface area contributed by atoms with Crippen molar-refractivity contribution in [1.29, 1.82) is 5.26 Å². The van der Waals surface area contributed by atoms with Crippen LogP contribution in [0.3, 0.4) is 0 Å². The van der Waals surface area contributed by atoms with Crippen molar-refractivity contribution in [3.63, 3.8) is 0 Å². The van der Waals surface area contributed by atoms with Crippen LogP contribution in [0.4, 0.5) is 0 Å². The first kappa shape index (κ1) is 14.3. The van der Waals surface area contributed by atoms with E-state index in [0.717, 1.165) is 17.9 Å². The Labute approximate surface area is 109 Å². The summed E-state index contributed by atoms with van der Waals surface area (Å²) < 4.78 is 11.0. The highest BCUT2D eigenvalue weighted by Crippen LogP contribution is 2.30. The van der Waals surface area contributed by atoms with Crippen LogP contribution in [-0.4, -0.2) is 19.8 Å². The Bertz CT molecular complexity index is 413. The predicted octanol–water partition coefficient (Wildman–Crippen LogP) is 2.66. The molecule has 0 aliphatic carbocycles. The number of nitrogens with zero attached hydrogens (tertiary/aromatic N) is 1. The molecule has 0 bridgehead atoms. The number of benzene rings is 1. The molecule has 4 heteroatoms. The standard InChI is InChI=1S/C14H20N2O2/c1-4-16-12(10-15)11-7-8-13(17-5-2)14(9-11)18-6-3/h7-9,12,16H,4-6H2,1-3H3. The highest BCUT2D eigenvalue weighted by Gasteiger charge is 2.13. The van der Waals surface area contributed by atoms with Crippen LogP contribution in [-0.2, 0) is 0 Å². The van der Waals surface area contributed by atoms with E-state index in [1.807, 2.05) is 39.0 Å². The molecule has 1 aromatic carbocycles. The molecule has 0 heterocycles. The molecule has 0 aliphatic rings. The summed E-state index contributed by atoms with van der Waals surface area (Å²) in [7, 11) is 0. The van der Waals surface area contributed by atoms with E-state index in [9.17, 15) is 0 Å². The minimum Gasteiger partial charge on any atom is -0.490 e. The van der Waals surface area contributed by atoms with Gasteiger partial charge in [0.2, 0.25) is 0 Å². The van der Waals surface area contributed by atoms with E-state index in [4.69, 9.17) is 14.7 Å². The summed E-state index contributed by atoms with van der Waals surface area (Å²) in [5.74, 6) is 1.41. The molecule has 0 saturated heterocycles. The second-order valence-electron chi connectivity index (χ2n) is 3.69. The van der Waals surface area contributed by atoms with Gasteiger partial charge in [-0.2, -0.15) is 5.26 Å². The lowest BCUT2D eigenvalue weighted by Gasteiger charge is -2.15. The first-order chi connectivity index (χ1) is 8.76. The smallest absolute Gasteiger partial charge is 0.161 e. The lowest BCUT2D eigenvalue weighted by molar-refractivity contribution is 0.287. The first-order valence-electron chi connectivity index (χ1n) is 6.29. The van der Waals surface area contributed by atoms with E-state index in [2.05, 4.69) is 11.4 Å². The average molecular weight is 248 g/mol. The number of hydrogen-bond donors (Lipinski definition) is 1. The largest absolute Gasteiger partial charge is 0.490 e. The first-order valence-corrected chi connectivity index (χ1v) is 6.29. The number of nitriles is 1. The van der Waals surface area contributed by atoms with Gasteiger partial charge in [-0.15, -0.1) is 0 Å².